The molecule has 1 aliphatic heterocycles. The lowest BCUT2D eigenvalue weighted by Crippen LogP contribution is -2.45. The van der Waals surface area contributed by atoms with Crippen LogP contribution in [0.5, 0.6) is 0 Å². The van der Waals surface area contributed by atoms with Gasteiger partial charge < -0.3 is 9.64 Å². The molecule has 16 heavy (non-hydrogen) atoms. The predicted octanol–water partition coefficient (Wildman–Crippen LogP) is 1.69. The third-order valence-corrected chi connectivity index (χ3v) is 3.35. The van der Waals surface area contributed by atoms with Gasteiger partial charge >= 0.3 is 0 Å². The maximum absolute atomic E-state index is 6.01. The van der Waals surface area contributed by atoms with Crippen LogP contribution in [0, 0.1) is 6.92 Å². The molecule has 0 N–H and O–H groups in total. The molecule has 0 radical (unpaired) electrons. The van der Waals surface area contributed by atoms with E-state index in [4.69, 9.17) is 16.3 Å². The van der Waals surface area contributed by atoms with E-state index in [0.29, 0.717) is 11.9 Å². The molecular weight excluding hydrogens is 226 g/mol. The van der Waals surface area contributed by atoms with Crippen LogP contribution in [-0.4, -0.2) is 35.6 Å². The van der Waals surface area contributed by atoms with Gasteiger partial charge in [-0.05, 0) is 13.8 Å². The van der Waals surface area contributed by atoms with Crippen LogP contribution in [0.15, 0.2) is 0 Å². The molecule has 5 heteroatoms. The third kappa shape index (κ3) is 1.92. The van der Waals surface area contributed by atoms with Gasteiger partial charge in [-0.1, -0.05) is 0 Å². The number of nitrogens with zero attached hydrogens (tertiary/aromatic N) is 3. The van der Waals surface area contributed by atoms with E-state index in [1.807, 2.05) is 18.7 Å². The van der Waals surface area contributed by atoms with Gasteiger partial charge in [0.25, 0.3) is 0 Å². The fourth-order valence-electron chi connectivity index (χ4n) is 2.25. The molecule has 1 aromatic heterocycles. The average Bonchev–Trinajstić information content (AvgIpc) is 2.54. The highest BCUT2D eigenvalue weighted by molar-refractivity contribution is 6.17. The van der Waals surface area contributed by atoms with Crippen LogP contribution in [0.4, 0.5) is 5.82 Å². The number of rotatable bonds is 2. The first-order valence-corrected chi connectivity index (χ1v) is 6.11. The Hall–Kier alpha value is -0.740. The van der Waals surface area contributed by atoms with Crippen molar-refractivity contribution in [1.29, 1.82) is 0 Å². The number of halogens is 1. The molecule has 0 aliphatic carbocycles. The molecule has 1 fully saturated rings. The predicted molar refractivity (Wildman–Crippen MR) is 65.1 cm³/mol. The molecule has 2 heterocycles. The number of aromatic nitrogens is 2. The summed E-state index contributed by atoms with van der Waals surface area (Å²) in [5, 5.41) is 4.44. The summed E-state index contributed by atoms with van der Waals surface area (Å²) in [5.41, 5.74) is 2.16. The first-order chi connectivity index (χ1) is 7.65. The van der Waals surface area contributed by atoms with Crippen molar-refractivity contribution < 1.29 is 4.74 Å². The van der Waals surface area contributed by atoms with Crippen LogP contribution in [-0.2, 0) is 17.7 Å². The van der Waals surface area contributed by atoms with Gasteiger partial charge in [0.15, 0.2) is 0 Å². The van der Waals surface area contributed by atoms with Crippen molar-refractivity contribution in [2.75, 3.05) is 24.7 Å². The van der Waals surface area contributed by atoms with Gasteiger partial charge in [-0.2, -0.15) is 5.10 Å². The molecule has 2 rings (SSSR count). The van der Waals surface area contributed by atoms with E-state index in [-0.39, 0.29) is 0 Å². The van der Waals surface area contributed by atoms with Gasteiger partial charge in [-0.25, -0.2) is 0 Å². The smallest absolute Gasteiger partial charge is 0.131 e. The molecule has 1 aliphatic rings. The molecule has 4 nitrogen and oxygen atoms in total. The molecular formula is C11H18ClN3O. The monoisotopic (exact) mass is 243 g/mol. The highest BCUT2D eigenvalue weighted by Gasteiger charge is 2.25. The van der Waals surface area contributed by atoms with E-state index < -0.39 is 0 Å². The summed E-state index contributed by atoms with van der Waals surface area (Å²) in [7, 11) is 1.97. The summed E-state index contributed by atoms with van der Waals surface area (Å²) in [6.45, 7) is 6.62. The van der Waals surface area contributed by atoms with Crippen LogP contribution in [0.3, 0.4) is 0 Å². The van der Waals surface area contributed by atoms with Crippen LogP contribution >= 0.6 is 11.6 Å². The fraction of sp³-hybridized carbons (Fsp3) is 0.727. The van der Waals surface area contributed by atoms with Gasteiger partial charge in [0.05, 0.1) is 30.8 Å². The number of ether oxygens (including phenoxy) is 1. The standard InChI is InChI=1S/C11H18ClN3O/c1-8-7-16-5-4-15(8)11-10(6-12)9(2)13-14(11)3/h8H,4-7H2,1-3H3. The van der Waals surface area contributed by atoms with Crippen LogP contribution in [0.25, 0.3) is 0 Å². The Bertz CT molecular complexity index is 378. The number of anilines is 1. The Kier molecular flexibility index (Phi) is 3.40. The van der Waals surface area contributed by atoms with Crippen molar-refractivity contribution in [1.82, 2.24) is 9.78 Å². The third-order valence-electron chi connectivity index (χ3n) is 3.09. The topological polar surface area (TPSA) is 30.3 Å². The van der Waals surface area contributed by atoms with Gasteiger partial charge in [0.1, 0.15) is 5.82 Å². The molecule has 1 unspecified atom stereocenters. The van der Waals surface area contributed by atoms with E-state index in [2.05, 4.69) is 16.9 Å². The second kappa shape index (κ2) is 4.63. The number of alkyl halides is 1. The summed E-state index contributed by atoms with van der Waals surface area (Å²) in [4.78, 5) is 2.33. The lowest BCUT2D eigenvalue weighted by atomic mass is 10.2. The number of hydrogen-bond donors (Lipinski definition) is 0. The quantitative estimate of drug-likeness (QED) is 0.741. The first kappa shape index (κ1) is 11.7. The van der Waals surface area contributed by atoms with Crippen LogP contribution in [0.2, 0.25) is 0 Å². The van der Waals surface area contributed by atoms with Gasteiger partial charge in [-0.3, -0.25) is 4.68 Å². The lowest BCUT2D eigenvalue weighted by Gasteiger charge is -2.35. The van der Waals surface area contributed by atoms with E-state index >= 15 is 0 Å². The van der Waals surface area contributed by atoms with Crippen LogP contribution < -0.4 is 4.90 Å². The van der Waals surface area contributed by atoms with Gasteiger partial charge in [-0.15, -0.1) is 11.6 Å². The Morgan fingerprint density at radius 1 is 1.56 bits per heavy atom. The lowest BCUT2D eigenvalue weighted by molar-refractivity contribution is 0.0981. The fourth-order valence-corrected chi connectivity index (χ4v) is 2.56. The van der Waals surface area contributed by atoms with E-state index in [1.165, 1.54) is 0 Å². The maximum atomic E-state index is 6.01. The molecule has 1 atom stereocenters. The van der Waals surface area contributed by atoms with Crippen molar-refractivity contribution in [3.8, 4) is 0 Å². The van der Waals surface area contributed by atoms with Crippen molar-refractivity contribution in [2.24, 2.45) is 7.05 Å². The second-order valence-corrected chi connectivity index (χ2v) is 4.53. The first-order valence-electron chi connectivity index (χ1n) is 5.58. The second-order valence-electron chi connectivity index (χ2n) is 4.26. The maximum Gasteiger partial charge on any atom is 0.131 e. The van der Waals surface area contributed by atoms with Crippen molar-refractivity contribution in [3.63, 3.8) is 0 Å². The normalized spacial score (nSPS) is 21.5. The summed E-state index contributed by atoms with van der Waals surface area (Å²) >= 11 is 6.01. The molecule has 0 aromatic carbocycles. The van der Waals surface area contributed by atoms with Gasteiger partial charge in [0.2, 0.25) is 0 Å². The molecule has 1 saturated heterocycles. The van der Waals surface area contributed by atoms with E-state index in [0.717, 1.165) is 36.8 Å². The highest BCUT2D eigenvalue weighted by Crippen LogP contribution is 2.27. The largest absolute Gasteiger partial charge is 0.377 e. The average molecular weight is 244 g/mol. The van der Waals surface area contributed by atoms with Crippen molar-refractivity contribution in [2.45, 2.75) is 25.8 Å². The molecule has 1 aromatic rings. The zero-order chi connectivity index (χ0) is 11.7. The summed E-state index contributed by atoms with van der Waals surface area (Å²) in [6.07, 6.45) is 0. The summed E-state index contributed by atoms with van der Waals surface area (Å²) < 4.78 is 7.37. The van der Waals surface area contributed by atoms with Crippen molar-refractivity contribution >= 4 is 17.4 Å². The van der Waals surface area contributed by atoms with Crippen molar-refractivity contribution in [3.05, 3.63) is 11.3 Å². The number of aryl methyl sites for hydroxylation is 2. The minimum atomic E-state index is 0.380. The highest BCUT2D eigenvalue weighted by atomic mass is 35.5. The number of hydrogen-bond acceptors (Lipinski definition) is 3. The Labute approximate surface area is 101 Å². The molecule has 0 amide bonds. The number of morpholine rings is 1. The Morgan fingerprint density at radius 2 is 2.31 bits per heavy atom. The minimum absolute atomic E-state index is 0.380. The zero-order valence-corrected chi connectivity index (χ0v) is 10.8. The van der Waals surface area contributed by atoms with Crippen LogP contribution in [0.1, 0.15) is 18.2 Å². The summed E-state index contributed by atoms with van der Waals surface area (Å²) in [5.74, 6) is 1.65. The SMILES string of the molecule is Cc1nn(C)c(N2CCOCC2C)c1CCl. The van der Waals surface area contributed by atoms with E-state index in [1.54, 1.807) is 0 Å². The molecule has 0 spiro atoms. The van der Waals surface area contributed by atoms with Gasteiger partial charge in [0, 0.05) is 19.2 Å². The molecule has 0 bridgehead atoms. The van der Waals surface area contributed by atoms with E-state index in [9.17, 15) is 0 Å². The summed E-state index contributed by atoms with van der Waals surface area (Å²) in [6, 6.07) is 0.380. The zero-order valence-electron chi connectivity index (χ0n) is 10.0. The molecule has 90 valence electrons. The Morgan fingerprint density at radius 3 is 2.94 bits per heavy atom. The minimum Gasteiger partial charge on any atom is -0.377 e. The molecule has 0 saturated carbocycles. The Balaban J connectivity index is 2.37.